The zero-order valence-corrected chi connectivity index (χ0v) is 8.74. The van der Waals surface area contributed by atoms with Crippen LogP contribution in [0.2, 0.25) is 0 Å². The number of rotatable bonds is 2. The molecule has 14 heavy (non-hydrogen) atoms. The SMILES string of the molecule is CC(F)(F)c1cc(F)c(C=O)cc1Br. The van der Waals surface area contributed by atoms with Crippen molar-refractivity contribution in [2.45, 2.75) is 12.8 Å². The van der Waals surface area contributed by atoms with Crippen molar-refractivity contribution in [2.75, 3.05) is 0 Å². The van der Waals surface area contributed by atoms with Crippen LogP contribution in [0.1, 0.15) is 22.8 Å². The van der Waals surface area contributed by atoms with Gasteiger partial charge in [-0.3, -0.25) is 4.79 Å². The fourth-order valence-electron chi connectivity index (χ4n) is 0.989. The summed E-state index contributed by atoms with van der Waals surface area (Å²) in [5.74, 6) is -4.08. The Morgan fingerprint density at radius 3 is 2.43 bits per heavy atom. The van der Waals surface area contributed by atoms with E-state index in [0.29, 0.717) is 13.0 Å². The first kappa shape index (κ1) is 11.2. The minimum atomic E-state index is -3.14. The lowest BCUT2D eigenvalue weighted by Crippen LogP contribution is -2.09. The van der Waals surface area contributed by atoms with Gasteiger partial charge in [0.2, 0.25) is 0 Å². The first-order valence-corrected chi connectivity index (χ1v) is 4.48. The van der Waals surface area contributed by atoms with Crippen LogP contribution in [0, 0.1) is 5.82 Å². The van der Waals surface area contributed by atoms with E-state index in [1.807, 2.05) is 0 Å². The van der Waals surface area contributed by atoms with Crippen LogP contribution in [0.15, 0.2) is 16.6 Å². The van der Waals surface area contributed by atoms with E-state index >= 15 is 0 Å². The summed E-state index contributed by atoms with van der Waals surface area (Å²) in [6.07, 6.45) is 0.275. The van der Waals surface area contributed by atoms with E-state index in [4.69, 9.17) is 0 Å². The predicted octanol–water partition coefficient (Wildman–Crippen LogP) is 3.51. The second-order valence-electron chi connectivity index (χ2n) is 2.86. The fraction of sp³-hybridized carbons (Fsp3) is 0.222. The summed E-state index contributed by atoms with van der Waals surface area (Å²) in [5, 5.41) is 0. The molecule has 1 aromatic carbocycles. The van der Waals surface area contributed by atoms with Crippen molar-refractivity contribution in [3.05, 3.63) is 33.5 Å². The van der Waals surface area contributed by atoms with Crippen molar-refractivity contribution in [1.82, 2.24) is 0 Å². The molecule has 0 aliphatic rings. The highest BCUT2D eigenvalue weighted by Gasteiger charge is 2.28. The summed E-state index contributed by atoms with van der Waals surface area (Å²) in [6, 6.07) is 1.70. The Balaban J connectivity index is 3.36. The van der Waals surface area contributed by atoms with Gasteiger partial charge in [-0.15, -0.1) is 0 Å². The van der Waals surface area contributed by atoms with Gasteiger partial charge in [-0.2, -0.15) is 0 Å². The van der Waals surface area contributed by atoms with Gasteiger partial charge < -0.3 is 0 Å². The van der Waals surface area contributed by atoms with Crippen molar-refractivity contribution in [1.29, 1.82) is 0 Å². The summed E-state index contributed by atoms with van der Waals surface area (Å²) in [7, 11) is 0. The number of carbonyl (C=O) groups excluding carboxylic acids is 1. The molecule has 0 saturated carbocycles. The van der Waals surface area contributed by atoms with E-state index in [2.05, 4.69) is 15.9 Å². The molecule has 0 spiro atoms. The molecule has 0 unspecified atom stereocenters. The quantitative estimate of drug-likeness (QED) is 0.749. The van der Waals surface area contributed by atoms with Crippen LogP contribution in [-0.2, 0) is 5.92 Å². The Kier molecular flexibility index (Phi) is 2.99. The number of alkyl halides is 2. The molecular weight excluding hydrogens is 261 g/mol. The van der Waals surface area contributed by atoms with Crippen molar-refractivity contribution in [2.24, 2.45) is 0 Å². The van der Waals surface area contributed by atoms with E-state index < -0.39 is 17.3 Å². The number of carbonyl (C=O) groups is 1. The first-order chi connectivity index (χ1) is 6.36. The van der Waals surface area contributed by atoms with Gasteiger partial charge in [0, 0.05) is 17.0 Å². The molecule has 0 bridgehead atoms. The molecular formula is C9H6BrF3O. The van der Waals surface area contributed by atoms with E-state index in [1.165, 1.54) is 0 Å². The minimum absolute atomic E-state index is 0.0218. The van der Waals surface area contributed by atoms with Gasteiger partial charge in [0.05, 0.1) is 5.56 Å². The van der Waals surface area contributed by atoms with Crippen LogP contribution >= 0.6 is 15.9 Å². The van der Waals surface area contributed by atoms with Gasteiger partial charge in [0.25, 0.3) is 5.92 Å². The van der Waals surface area contributed by atoms with Gasteiger partial charge in [-0.25, -0.2) is 13.2 Å². The Bertz CT molecular complexity index is 371. The standard InChI is InChI=1S/C9H6BrF3O/c1-9(12,13)6-3-8(11)5(4-14)2-7(6)10/h2-4H,1H3. The largest absolute Gasteiger partial charge is 0.298 e. The molecule has 0 saturated heterocycles. The fourth-order valence-corrected chi connectivity index (χ4v) is 1.70. The average Bonchev–Trinajstić information content (AvgIpc) is 2.06. The number of aldehydes is 1. The van der Waals surface area contributed by atoms with Crippen LogP contribution in [0.5, 0.6) is 0 Å². The minimum Gasteiger partial charge on any atom is -0.298 e. The zero-order valence-electron chi connectivity index (χ0n) is 7.15. The molecule has 0 amide bonds. The molecule has 1 rings (SSSR count). The van der Waals surface area contributed by atoms with E-state index in [9.17, 15) is 18.0 Å². The molecule has 1 aromatic rings. The van der Waals surface area contributed by atoms with Crippen LogP contribution in [0.25, 0.3) is 0 Å². The number of halogens is 4. The van der Waals surface area contributed by atoms with Crippen LogP contribution in [-0.4, -0.2) is 6.29 Å². The van der Waals surface area contributed by atoms with E-state index in [-0.39, 0.29) is 16.3 Å². The van der Waals surface area contributed by atoms with Crippen LogP contribution < -0.4 is 0 Å². The molecule has 0 radical (unpaired) electrons. The van der Waals surface area contributed by atoms with Crippen molar-refractivity contribution in [3.8, 4) is 0 Å². The Morgan fingerprint density at radius 2 is 2.00 bits per heavy atom. The highest BCUT2D eigenvalue weighted by atomic mass is 79.9. The zero-order chi connectivity index (χ0) is 10.9. The maximum absolute atomic E-state index is 13.0. The first-order valence-electron chi connectivity index (χ1n) is 3.69. The number of hydrogen-bond acceptors (Lipinski definition) is 1. The lowest BCUT2D eigenvalue weighted by molar-refractivity contribution is 0.0163. The predicted molar refractivity (Wildman–Crippen MR) is 49.1 cm³/mol. The average molecular weight is 267 g/mol. The van der Waals surface area contributed by atoms with Gasteiger partial charge in [-0.1, -0.05) is 15.9 Å². The summed E-state index contributed by atoms with van der Waals surface area (Å²) in [5.41, 5.74) is -0.717. The third kappa shape index (κ3) is 2.15. The van der Waals surface area contributed by atoms with E-state index in [0.717, 1.165) is 6.07 Å². The molecule has 76 valence electrons. The topological polar surface area (TPSA) is 17.1 Å². The lowest BCUT2D eigenvalue weighted by atomic mass is 10.1. The highest BCUT2D eigenvalue weighted by molar-refractivity contribution is 9.10. The van der Waals surface area contributed by atoms with Gasteiger partial charge in [0.1, 0.15) is 5.82 Å². The van der Waals surface area contributed by atoms with Gasteiger partial charge in [0.15, 0.2) is 6.29 Å². The van der Waals surface area contributed by atoms with Crippen molar-refractivity contribution in [3.63, 3.8) is 0 Å². The monoisotopic (exact) mass is 266 g/mol. The lowest BCUT2D eigenvalue weighted by Gasteiger charge is -2.13. The normalized spacial score (nSPS) is 11.5. The van der Waals surface area contributed by atoms with Gasteiger partial charge >= 0.3 is 0 Å². The third-order valence-electron chi connectivity index (χ3n) is 1.69. The maximum atomic E-state index is 13.0. The highest BCUT2D eigenvalue weighted by Crippen LogP contribution is 2.34. The number of hydrogen-bond donors (Lipinski definition) is 0. The molecule has 0 aromatic heterocycles. The third-order valence-corrected chi connectivity index (χ3v) is 2.34. The van der Waals surface area contributed by atoms with Crippen molar-refractivity contribution < 1.29 is 18.0 Å². The van der Waals surface area contributed by atoms with Crippen molar-refractivity contribution >= 4 is 22.2 Å². The van der Waals surface area contributed by atoms with Crippen LogP contribution in [0.3, 0.4) is 0 Å². The Hall–Kier alpha value is -0.840. The van der Waals surface area contributed by atoms with Gasteiger partial charge in [-0.05, 0) is 12.1 Å². The maximum Gasteiger partial charge on any atom is 0.271 e. The molecule has 5 heteroatoms. The molecule has 0 aliphatic carbocycles. The van der Waals surface area contributed by atoms with Crippen LogP contribution in [0.4, 0.5) is 13.2 Å². The summed E-state index contributed by atoms with van der Waals surface area (Å²) >= 11 is 2.85. The summed E-state index contributed by atoms with van der Waals surface area (Å²) in [6.45, 7) is 0.660. The summed E-state index contributed by atoms with van der Waals surface area (Å²) in [4.78, 5) is 10.3. The Labute approximate surface area is 87.1 Å². The summed E-state index contributed by atoms with van der Waals surface area (Å²) < 4.78 is 38.7. The molecule has 0 atom stereocenters. The Morgan fingerprint density at radius 1 is 1.43 bits per heavy atom. The molecule has 1 nitrogen and oxygen atoms in total. The second kappa shape index (κ2) is 3.73. The molecule has 0 fully saturated rings. The smallest absolute Gasteiger partial charge is 0.271 e. The second-order valence-corrected chi connectivity index (χ2v) is 3.71. The van der Waals surface area contributed by atoms with E-state index in [1.54, 1.807) is 0 Å². The molecule has 0 heterocycles. The molecule has 0 N–H and O–H groups in total. The number of benzene rings is 1. The molecule has 0 aliphatic heterocycles.